The zero-order valence-electron chi connectivity index (χ0n) is 16.9. The number of aryl methyl sites for hydroxylation is 1. The summed E-state index contributed by atoms with van der Waals surface area (Å²) in [6.45, 7) is 1.71. The highest BCUT2D eigenvalue weighted by molar-refractivity contribution is 6.22. The minimum Gasteiger partial charge on any atom is -0.497 e. The summed E-state index contributed by atoms with van der Waals surface area (Å²) in [5.74, 6) is -0.811. The van der Waals surface area contributed by atoms with E-state index in [9.17, 15) is 14.4 Å². The number of rotatable bonds is 4. The molecule has 0 aliphatic carbocycles. The van der Waals surface area contributed by atoms with Gasteiger partial charge in [0.2, 0.25) is 17.8 Å². The summed E-state index contributed by atoms with van der Waals surface area (Å²) < 4.78 is 6.47. The number of nitrogens with zero attached hydrogens (tertiary/aromatic N) is 3. The van der Waals surface area contributed by atoms with Crippen LogP contribution in [0.4, 0.5) is 5.69 Å². The van der Waals surface area contributed by atoms with Crippen molar-refractivity contribution in [3.05, 3.63) is 70.1 Å². The molecule has 0 radical (unpaired) electrons. The second kappa shape index (κ2) is 6.98. The Morgan fingerprint density at radius 1 is 1.10 bits per heavy atom. The lowest BCUT2D eigenvalue weighted by Crippen LogP contribution is -2.31. The Morgan fingerprint density at radius 3 is 2.68 bits per heavy atom. The summed E-state index contributed by atoms with van der Waals surface area (Å²) >= 11 is 0. The van der Waals surface area contributed by atoms with E-state index in [2.05, 4.69) is 15.1 Å². The van der Waals surface area contributed by atoms with Crippen molar-refractivity contribution in [3.8, 4) is 11.7 Å². The first kappa shape index (κ1) is 18.9. The van der Waals surface area contributed by atoms with Crippen molar-refractivity contribution in [1.29, 1.82) is 0 Å². The van der Waals surface area contributed by atoms with Gasteiger partial charge in [0.15, 0.2) is 0 Å². The van der Waals surface area contributed by atoms with Gasteiger partial charge in [0.25, 0.3) is 5.56 Å². The van der Waals surface area contributed by atoms with Gasteiger partial charge in [-0.25, -0.2) is 9.88 Å². The van der Waals surface area contributed by atoms with Crippen LogP contribution in [0.15, 0.2) is 53.3 Å². The number of nitrogens with one attached hydrogen (secondary N) is 2. The molecule has 0 spiro atoms. The van der Waals surface area contributed by atoms with Crippen LogP contribution in [0.1, 0.15) is 23.6 Å². The second-order valence-corrected chi connectivity index (χ2v) is 7.39. The highest BCUT2D eigenvalue weighted by atomic mass is 16.5. The third kappa shape index (κ3) is 2.93. The molecule has 2 aromatic heterocycles. The first-order valence-corrected chi connectivity index (χ1v) is 9.75. The number of fused-ring (bicyclic) bond motifs is 1. The number of H-pyrrole nitrogens is 2. The molecular weight excluding hydrogens is 398 g/mol. The molecule has 9 nitrogen and oxygen atoms in total. The number of imidazole rings is 1. The first-order valence-electron chi connectivity index (χ1n) is 9.75. The monoisotopic (exact) mass is 417 g/mol. The highest BCUT2D eigenvalue weighted by Gasteiger charge is 2.43. The van der Waals surface area contributed by atoms with Crippen LogP contribution in [-0.2, 0) is 9.59 Å². The topological polar surface area (TPSA) is 113 Å². The molecule has 0 saturated carbocycles. The molecule has 3 heterocycles. The molecule has 1 aliphatic rings. The number of aromatic amines is 2. The van der Waals surface area contributed by atoms with E-state index in [0.29, 0.717) is 23.1 Å². The number of anilines is 1. The van der Waals surface area contributed by atoms with E-state index >= 15 is 0 Å². The molecule has 2 aromatic carbocycles. The Bertz CT molecular complexity index is 1360. The maximum Gasteiger partial charge on any atom is 0.278 e. The number of imide groups is 1. The number of ether oxygens (including phenoxy) is 1. The van der Waals surface area contributed by atoms with E-state index < -0.39 is 17.4 Å². The fourth-order valence-electron chi connectivity index (χ4n) is 4.04. The minimum atomic E-state index is -0.868. The van der Waals surface area contributed by atoms with Crippen molar-refractivity contribution in [2.24, 2.45) is 0 Å². The standard InChI is InChI=1S/C22H19N5O4/c1-12-19(21(30)27(25-12)22-23-16-8-3-4-9-17(16)24-22)15-11-18(28)26(20(15)29)13-6-5-7-14(10-13)31-2/h3-10,15,25H,11H2,1-2H3,(H,23,24)/t15-/m0/s1. The van der Waals surface area contributed by atoms with Gasteiger partial charge >= 0.3 is 0 Å². The van der Waals surface area contributed by atoms with Crippen LogP contribution in [-0.4, -0.2) is 38.7 Å². The molecule has 5 rings (SSSR count). The number of benzene rings is 2. The van der Waals surface area contributed by atoms with Gasteiger partial charge in [-0.3, -0.25) is 19.5 Å². The number of hydrogen-bond acceptors (Lipinski definition) is 5. The predicted molar refractivity (Wildman–Crippen MR) is 114 cm³/mol. The first-order chi connectivity index (χ1) is 15.0. The average molecular weight is 417 g/mol. The number of para-hydroxylation sites is 2. The number of carbonyl (C=O) groups excluding carboxylic acids is 2. The van der Waals surface area contributed by atoms with Crippen molar-refractivity contribution in [2.75, 3.05) is 12.0 Å². The van der Waals surface area contributed by atoms with Gasteiger partial charge in [-0.05, 0) is 31.2 Å². The fraction of sp³-hybridized carbons (Fsp3) is 0.182. The van der Waals surface area contributed by atoms with Crippen LogP contribution in [0.25, 0.3) is 17.0 Å². The third-order valence-electron chi connectivity index (χ3n) is 5.51. The van der Waals surface area contributed by atoms with E-state index in [1.54, 1.807) is 31.2 Å². The zero-order chi connectivity index (χ0) is 21.7. The second-order valence-electron chi connectivity index (χ2n) is 7.39. The zero-order valence-corrected chi connectivity index (χ0v) is 16.9. The smallest absolute Gasteiger partial charge is 0.278 e. The van der Waals surface area contributed by atoms with Gasteiger partial charge in [0.05, 0.1) is 35.3 Å². The molecule has 1 saturated heterocycles. The van der Waals surface area contributed by atoms with Gasteiger partial charge in [-0.1, -0.05) is 18.2 Å². The minimum absolute atomic E-state index is 0.0793. The SMILES string of the molecule is COc1cccc(N2C(=O)C[C@@H](c3c(C)[nH]n(-c4nc5ccccc5[nH]4)c3=O)C2=O)c1. The molecule has 1 fully saturated rings. The number of aromatic nitrogens is 4. The van der Waals surface area contributed by atoms with Gasteiger partial charge in [0.1, 0.15) is 5.75 Å². The number of amides is 2. The van der Waals surface area contributed by atoms with Crippen LogP contribution in [0.5, 0.6) is 5.75 Å². The van der Waals surface area contributed by atoms with E-state index in [1.165, 1.54) is 11.8 Å². The van der Waals surface area contributed by atoms with E-state index in [-0.39, 0.29) is 17.9 Å². The quantitative estimate of drug-likeness (QED) is 0.495. The Labute approximate surface area is 176 Å². The van der Waals surface area contributed by atoms with Gasteiger partial charge in [0, 0.05) is 18.2 Å². The number of methoxy groups -OCH3 is 1. The largest absolute Gasteiger partial charge is 0.497 e. The normalized spacial score (nSPS) is 16.5. The molecule has 4 aromatic rings. The average Bonchev–Trinajstić information content (AvgIpc) is 3.41. The van der Waals surface area contributed by atoms with Crippen molar-refractivity contribution < 1.29 is 14.3 Å². The summed E-state index contributed by atoms with van der Waals surface area (Å²) in [4.78, 5) is 47.8. The summed E-state index contributed by atoms with van der Waals surface area (Å²) in [6.07, 6.45) is -0.0793. The van der Waals surface area contributed by atoms with Crippen LogP contribution in [0.2, 0.25) is 0 Å². The van der Waals surface area contributed by atoms with Crippen LogP contribution in [0, 0.1) is 6.92 Å². The molecular formula is C22H19N5O4. The lowest BCUT2D eigenvalue weighted by atomic mass is 9.98. The predicted octanol–water partition coefficient (Wildman–Crippen LogP) is 2.41. The molecule has 1 atom stereocenters. The molecule has 0 unspecified atom stereocenters. The molecule has 2 N–H and O–H groups in total. The summed E-state index contributed by atoms with van der Waals surface area (Å²) in [6, 6.07) is 14.1. The van der Waals surface area contributed by atoms with Crippen LogP contribution in [0.3, 0.4) is 0 Å². The Kier molecular flexibility index (Phi) is 4.25. The van der Waals surface area contributed by atoms with Crippen molar-refractivity contribution in [2.45, 2.75) is 19.3 Å². The van der Waals surface area contributed by atoms with Gasteiger partial charge in [-0.2, -0.15) is 4.68 Å². The van der Waals surface area contributed by atoms with E-state index in [0.717, 1.165) is 15.9 Å². The molecule has 31 heavy (non-hydrogen) atoms. The summed E-state index contributed by atoms with van der Waals surface area (Å²) in [5.41, 5.74) is 2.30. The molecule has 156 valence electrons. The van der Waals surface area contributed by atoms with Gasteiger partial charge in [-0.15, -0.1) is 0 Å². The number of hydrogen-bond donors (Lipinski definition) is 2. The Hall–Kier alpha value is -4.14. The van der Waals surface area contributed by atoms with Crippen molar-refractivity contribution in [3.63, 3.8) is 0 Å². The Balaban J connectivity index is 1.54. The lowest BCUT2D eigenvalue weighted by Gasteiger charge is -2.15. The fourth-order valence-corrected chi connectivity index (χ4v) is 4.04. The molecule has 0 bridgehead atoms. The molecule has 1 aliphatic heterocycles. The van der Waals surface area contributed by atoms with E-state index in [4.69, 9.17) is 4.74 Å². The van der Waals surface area contributed by atoms with Gasteiger partial charge < -0.3 is 9.72 Å². The molecule has 9 heteroatoms. The highest BCUT2D eigenvalue weighted by Crippen LogP contribution is 2.34. The van der Waals surface area contributed by atoms with Crippen molar-refractivity contribution in [1.82, 2.24) is 19.7 Å². The third-order valence-corrected chi connectivity index (χ3v) is 5.51. The van der Waals surface area contributed by atoms with Crippen LogP contribution >= 0.6 is 0 Å². The maximum absolute atomic E-state index is 13.2. The summed E-state index contributed by atoms with van der Waals surface area (Å²) in [7, 11) is 1.51. The Morgan fingerprint density at radius 2 is 1.90 bits per heavy atom. The summed E-state index contributed by atoms with van der Waals surface area (Å²) in [5, 5.41) is 2.98. The van der Waals surface area contributed by atoms with Crippen molar-refractivity contribution >= 4 is 28.5 Å². The molecule has 2 amide bonds. The number of carbonyl (C=O) groups is 2. The lowest BCUT2D eigenvalue weighted by molar-refractivity contribution is -0.121. The van der Waals surface area contributed by atoms with Crippen LogP contribution < -0.4 is 15.2 Å². The van der Waals surface area contributed by atoms with E-state index in [1.807, 2.05) is 24.3 Å². The maximum atomic E-state index is 13.2.